The van der Waals surface area contributed by atoms with Crippen LogP contribution < -0.4 is 14.4 Å². The standard InChI is InChI=1S/C16H17BrN6O2/c1-24-15-12(17)10-18-16(21-15)22-7-3-11(4-8-22)25-14-5-9-23-13(20-14)2-6-19-23/h2,5-6,9-11H,3-4,7-8H2,1H3. The van der Waals surface area contributed by atoms with Crippen LogP contribution in [0.4, 0.5) is 5.95 Å². The van der Waals surface area contributed by atoms with E-state index in [1.807, 2.05) is 18.3 Å². The topological polar surface area (TPSA) is 77.7 Å². The van der Waals surface area contributed by atoms with Gasteiger partial charge < -0.3 is 14.4 Å². The fourth-order valence-corrected chi connectivity index (χ4v) is 3.20. The highest BCUT2D eigenvalue weighted by Crippen LogP contribution is 2.25. The molecule has 0 aliphatic carbocycles. The van der Waals surface area contributed by atoms with Crippen LogP contribution in [-0.4, -0.2) is 50.9 Å². The van der Waals surface area contributed by atoms with Crippen LogP contribution in [0.2, 0.25) is 0 Å². The highest BCUT2D eigenvalue weighted by atomic mass is 79.9. The molecule has 0 saturated carbocycles. The molecule has 1 saturated heterocycles. The van der Waals surface area contributed by atoms with Gasteiger partial charge in [-0.05, 0) is 15.9 Å². The summed E-state index contributed by atoms with van der Waals surface area (Å²) < 4.78 is 13.7. The molecule has 0 aromatic carbocycles. The van der Waals surface area contributed by atoms with Gasteiger partial charge in [-0.2, -0.15) is 15.1 Å². The first-order chi connectivity index (χ1) is 12.2. The highest BCUT2D eigenvalue weighted by Gasteiger charge is 2.23. The van der Waals surface area contributed by atoms with Gasteiger partial charge in [-0.1, -0.05) is 0 Å². The minimum absolute atomic E-state index is 0.131. The molecule has 0 amide bonds. The molecule has 0 N–H and O–H groups in total. The maximum Gasteiger partial charge on any atom is 0.232 e. The minimum Gasteiger partial charge on any atom is -0.480 e. The Morgan fingerprint density at radius 3 is 2.84 bits per heavy atom. The van der Waals surface area contributed by atoms with Crippen molar-refractivity contribution >= 4 is 27.5 Å². The van der Waals surface area contributed by atoms with Crippen LogP contribution in [0.25, 0.3) is 5.65 Å². The first-order valence-electron chi connectivity index (χ1n) is 8.01. The third-order valence-electron chi connectivity index (χ3n) is 4.14. The molecule has 0 bridgehead atoms. The Kier molecular flexibility index (Phi) is 4.39. The summed E-state index contributed by atoms with van der Waals surface area (Å²) in [6.07, 6.45) is 7.19. The van der Waals surface area contributed by atoms with E-state index >= 15 is 0 Å². The molecular weight excluding hydrogens is 388 g/mol. The van der Waals surface area contributed by atoms with E-state index in [0.29, 0.717) is 17.7 Å². The highest BCUT2D eigenvalue weighted by molar-refractivity contribution is 9.10. The number of ether oxygens (including phenoxy) is 2. The first-order valence-corrected chi connectivity index (χ1v) is 8.81. The molecule has 1 aliphatic heterocycles. The maximum atomic E-state index is 6.03. The Morgan fingerprint density at radius 2 is 2.04 bits per heavy atom. The predicted octanol–water partition coefficient (Wildman–Crippen LogP) is 2.34. The molecule has 4 heterocycles. The van der Waals surface area contributed by atoms with Crippen molar-refractivity contribution in [1.82, 2.24) is 24.6 Å². The Hall–Kier alpha value is -2.42. The van der Waals surface area contributed by atoms with Gasteiger partial charge in [0.1, 0.15) is 6.10 Å². The Bertz CT molecular complexity index is 878. The predicted molar refractivity (Wildman–Crippen MR) is 95.1 cm³/mol. The monoisotopic (exact) mass is 404 g/mol. The average molecular weight is 405 g/mol. The van der Waals surface area contributed by atoms with Crippen LogP contribution in [0.3, 0.4) is 0 Å². The third-order valence-corrected chi connectivity index (χ3v) is 4.68. The number of rotatable bonds is 4. The van der Waals surface area contributed by atoms with Crippen LogP contribution in [-0.2, 0) is 0 Å². The van der Waals surface area contributed by atoms with E-state index in [-0.39, 0.29) is 6.10 Å². The van der Waals surface area contributed by atoms with Crippen molar-refractivity contribution < 1.29 is 9.47 Å². The van der Waals surface area contributed by atoms with E-state index in [0.717, 1.165) is 36.1 Å². The summed E-state index contributed by atoms with van der Waals surface area (Å²) in [5, 5.41) is 4.13. The minimum atomic E-state index is 0.131. The van der Waals surface area contributed by atoms with Crippen molar-refractivity contribution in [2.75, 3.05) is 25.1 Å². The third kappa shape index (κ3) is 3.37. The Labute approximate surface area is 152 Å². The molecule has 0 atom stereocenters. The van der Waals surface area contributed by atoms with Crippen molar-refractivity contribution in [3.63, 3.8) is 0 Å². The molecule has 1 aliphatic rings. The fraction of sp³-hybridized carbons (Fsp3) is 0.375. The van der Waals surface area contributed by atoms with Crippen LogP contribution in [0, 0.1) is 0 Å². The summed E-state index contributed by atoms with van der Waals surface area (Å²) in [4.78, 5) is 15.4. The maximum absolute atomic E-state index is 6.03. The van der Waals surface area contributed by atoms with Crippen molar-refractivity contribution in [1.29, 1.82) is 0 Å². The van der Waals surface area contributed by atoms with Gasteiger partial charge in [-0.3, -0.25) is 0 Å². The van der Waals surface area contributed by atoms with E-state index < -0.39 is 0 Å². The molecule has 1 fully saturated rings. The lowest BCUT2D eigenvalue weighted by Gasteiger charge is -2.31. The molecule has 25 heavy (non-hydrogen) atoms. The van der Waals surface area contributed by atoms with E-state index in [1.165, 1.54) is 0 Å². The molecule has 3 aromatic heterocycles. The van der Waals surface area contributed by atoms with Crippen LogP contribution in [0.15, 0.2) is 35.2 Å². The second kappa shape index (κ2) is 6.83. The first kappa shape index (κ1) is 16.1. The number of hydrogen-bond donors (Lipinski definition) is 0. The number of fused-ring (bicyclic) bond motifs is 1. The van der Waals surface area contributed by atoms with Gasteiger partial charge >= 0.3 is 0 Å². The molecule has 9 heteroatoms. The lowest BCUT2D eigenvalue weighted by atomic mass is 10.1. The lowest BCUT2D eigenvalue weighted by molar-refractivity contribution is 0.163. The number of hydrogen-bond acceptors (Lipinski definition) is 7. The van der Waals surface area contributed by atoms with Crippen molar-refractivity contribution in [2.45, 2.75) is 18.9 Å². The normalized spacial score (nSPS) is 15.5. The molecule has 0 spiro atoms. The van der Waals surface area contributed by atoms with Gasteiger partial charge in [-0.25, -0.2) is 9.50 Å². The van der Waals surface area contributed by atoms with Gasteiger partial charge in [-0.15, -0.1) is 0 Å². The average Bonchev–Trinajstić information content (AvgIpc) is 3.11. The molecule has 8 nitrogen and oxygen atoms in total. The van der Waals surface area contributed by atoms with Gasteiger partial charge in [0, 0.05) is 44.3 Å². The number of methoxy groups -OCH3 is 1. The number of aromatic nitrogens is 5. The van der Waals surface area contributed by atoms with Crippen LogP contribution in [0.5, 0.6) is 11.8 Å². The van der Waals surface area contributed by atoms with Crippen LogP contribution in [0.1, 0.15) is 12.8 Å². The van der Waals surface area contributed by atoms with Gasteiger partial charge in [0.05, 0.1) is 24.0 Å². The zero-order valence-electron chi connectivity index (χ0n) is 13.7. The molecule has 3 aromatic rings. The molecular formula is C16H17BrN6O2. The number of halogens is 1. The molecule has 4 rings (SSSR count). The SMILES string of the molecule is COc1nc(N2CCC(Oc3ccn4nccc4n3)CC2)ncc1Br. The fourth-order valence-electron chi connectivity index (χ4n) is 2.84. The zero-order valence-corrected chi connectivity index (χ0v) is 15.3. The molecule has 0 radical (unpaired) electrons. The summed E-state index contributed by atoms with van der Waals surface area (Å²) in [6.45, 7) is 1.65. The quantitative estimate of drug-likeness (QED) is 0.660. The smallest absolute Gasteiger partial charge is 0.232 e. The largest absolute Gasteiger partial charge is 0.480 e. The summed E-state index contributed by atoms with van der Waals surface area (Å²) in [5.74, 6) is 1.85. The molecule has 130 valence electrons. The Balaban J connectivity index is 1.39. The summed E-state index contributed by atoms with van der Waals surface area (Å²) >= 11 is 3.37. The molecule has 0 unspecified atom stereocenters. The summed E-state index contributed by atoms with van der Waals surface area (Å²) in [6, 6.07) is 3.70. The zero-order chi connectivity index (χ0) is 17.2. The second-order valence-corrected chi connectivity index (χ2v) is 6.59. The van der Waals surface area contributed by atoms with E-state index in [2.05, 4.69) is 40.9 Å². The van der Waals surface area contributed by atoms with Crippen molar-refractivity contribution in [2.24, 2.45) is 0 Å². The van der Waals surface area contributed by atoms with Gasteiger partial charge in [0.25, 0.3) is 0 Å². The number of nitrogens with zero attached hydrogens (tertiary/aromatic N) is 6. The lowest BCUT2D eigenvalue weighted by Crippen LogP contribution is -2.39. The van der Waals surface area contributed by atoms with Crippen LogP contribution >= 0.6 is 15.9 Å². The second-order valence-electron chi connectivity index (χ2n) is 5.73. The Morgan fingerprint density at radius 1 is 1.20 bits per heavy atom. The van der Waals surface area contributed by atoms with E-state index in [1.54, 1.807) is 24.0 Å². The number of piperidine rings is 1. The van der Waals surface area contributed by atoms with E-state index in [4.69, 9.17) is 9.47 Å². The van der Waals surface area contributed by atoms with Gasteiger partial charge in [0.15, 0.2) is 5.65 Å². The van der Waals surface area contributed by atoms with Crippen molar-refractivity contribution in [3.8, 4) is 11.8 Å². The number of anilines is 1. The van der Waals surface area contributed by atoms with Gasteiger partial charge in [0.2, 0.25) is 17.7 Å². The van der Waals surface area contributed by atoms with E-state index in [9.17, 15) is 0 Å². The summed E-state index contributed by atoms with van der Waals surface area (Å²) in [7, 11) is 1.60. The van der Waals surface area contributed by atoms with Crippen molar-refractivity contribution in [3.05, 3.63) is 35.2 Å². The summed E-state index contributed by atoms with van der Waals surface area (Å²) in [5.41, 5.74) is 0.783.